The van der Waals surface area contributed by atoms with Gasteiger partial charge in [-0.3, -0.25) is 19.4 Å². The van der Waals surface area contributed by atoms with E-state index in [1.165, 1.54) is 10.6 Å². The third kappa shape index (κ3) is 3.35. The molecule has 2 aromatic rings. The number of imide groups is 1. The van der Waals surface area contributed by atoms with Crippen LogP contribution in [-0.2, 0) is 9.59 Å². The molecular weight excluding hydrogens is 326 g/mol. The highest BCUT2D eigenvalue weighted by atomic mass is 16.2. The van der Waals surface area contributed by atoms with Crippen molar-refractivity contribution in [2.24, 2.45) is 0 Å². The van der Waals surface area contributed by atoms with Gasteiger partial charge >= 0.3 is 0 Å². The molecule has 0 radical (unpaired) electrons. The van der Waals surface area contributed by atoms with Crippen molar-refractivity contribution in [3.63, 3.8) is 0 Å². The van der Waals surface area contributed by atoms with E-state index in [9.17, 15) is 9.59 Å². The number of likely N-dealkylation sites (tertiary alicyclic amines) is 1. The molecule has 0 aliphatic carbocycles. The summed E-state index contributed by atoms with van der Waals surface area (Å²) in [4.78, 5) is 31.1. The molecule has 1 atom stereocenters. The maximum Gasteiger partial charge on any atom is 0.238 e. The quantitative estimate of drug-likeness (QED) is 0.795. The molecule has 2 aliphatic heterocycles. The lowest BCUT2D eigenvalue weighted by Gasteiger charge is -2.37. The summed E-state index contributed by atoms with van der Waals surface area (Å²) in [6, 6.07) is 20.0. The molecule has 2 fully saturated rings. The van der Waals surface area contributed by atoms with Gasteiger partial charge in [-0.05, 0) is 17.7 Å². The van der Waals surface area contributed by atoms with Gasteiger partial charge in [-0.15, -0.1) is 0 Å². The summed E-state index contributed by atoms with van der Waals surface area (Å²) < 4.78 is 0. The minimum absolute atomic E-state index is 0.0608. The number of piperazine rings is 1. The molecule has 4 rings (SSSR count). The predicted octanol–water partition coefficient (Wildman–Crippen LogP) is 2.31. The Morgan fingerprint density at radius 1 is 0.808 bits per heavy atom. The molecule has 0 bridgehead atoms. The summed E-state index contributed by atoms with van der Waals surface area (Å²) in [5, 5.41) is 0. The van der Waals surface area contributed by atoms with Gasteiger partial charge in [0.1, 0.15) is 0 Å². The summed E-state index contributed by atoms with van der Waals surface area (Å²) in [5.41, 5.74) is 2.16. The van der Waals surface area contributed by atoms with E-state index in [0.717, 1.165) is 31.7 Å². The number of carbonyl (C=O) groups is 2. The minimum atomic E-state index is -0.325. The Balaban J connectivity index is 1.36. The van der Waals surface area contributed by atoms with E-state index in [-0.39, 0.29) is 24.2 Å². The van der Waals surface area contributed by atoms with Gasteiger partial charge in [0.2, 0.25) is 11.8 Å². The number of carbonyl (C=O) groups excluding carboxylic acids is 2. The van der Waals surface area contributed by atoms with Crippen LogP contribution < -0.4 is 4.90 Å². The SMILES string of the molecule is O=C1C[C@H](c2ccccc2)C(=O)N1CN1CCN(c2ccccc2)CC1. The van der Waals surface area contributed by atoms with Gasteiger partial charge in [0.25, 0.3) is 0 Å². The minimum Gasteiger partial charge on any atom is -0.369 e. The Morgan fingerprint density at radius 3 is 2.08 bits per heavy atom. The monoisotopic (exact) mass is 349 g/mol. The van der Waals surface area contributed by atoms with Crippen molar-refractivity contribution >= 4 is 17.5 Å². The van der Waals surface area contributed by atoms with Crippen molar-refractivity contribution in [2.75, 3.05) is 37.7 Å². The van der Waals surface area contributed by atoms with Crippen molar-refractivity contribution in [1.29, 1.82) is 0 Å². The van der Waals surface area contributed by atoms with Crippen LogP contribution in [0.2, 0.25) is 0 Å². The molecule has 2 aromatic carbocycles. The number of benzene rings is 2. The fourth-order valence-electron chi connectivity index (χ4n) is 3.76. The first-order chi connectivity index (χ1) is 12.7. The van der Waals surface area contributed by atoms with E-state index in [2.05, 4.69) is 21.9 Å². The van der Waals surface area contributed by atoms with E-state index in [1.54, 1.807) is 0 Å². The molecule has 0 unspecified atom stereocenters. The van der Waals surface area contributed by atoms with Gasteiger partial charge in [0, 0.05) is 38.3 Å². The lowest BCUT2D eigenvalue weighted by molar-refractivity contribution is -0.141. The zero-order valence-electron chi connectivity index (χ0n) is 14.8. The Kier molecular flexibility index (Phi) is 4.71. The summed E-state index contributed by atoms with van der Waals surface area (Å²) in [6.07, 6.45) is 0.285. The highest BCUT2D eigenvalue weighted by molar-refractivity contribution is 6.06. The molecular formula is C21H23N3O2. The first-order valence-electron chi connectivity index (χ1n) is 9.14. The lowest BCUT2D eigenvalue weighted by Crippen LogP contribution is -2.51. The molecule has 0 saturated carbocycles. The van der Waals surface area contributed by atoms with E-state index < -0.39 is 0 Å². The molecule has 5 heteroatoms. The van der Waals surface area contributed by atoms with Gasteiger partial charge in [0.15, 0.2) is 0 Å². The number of rotatable bonds is 4. The van der Waals surface area contributed by atoms with Gasteiger partial charge in [-0.25, -0.2) is 0 Å². The number of anilines is 1. The predicted molar refractivity (Wildman–Crippen MR) is 101 cm³/mol. The van der Waals surface area contributed by atoms with Crippen molar-refractivity contribution in [2.45, 2.75) is 12.3 Å². The number of para-hydroxylation sites is 1. The van der Waals surface area contributed by atoms with E-state index in [1.807, 2.05) is 48.5 Å². The van der Waals surface area contributed by atoms with Crippen LogP contribution in [0.15, 0.2) is 60.7 Å². The van der Waals surface area contributed by atoms with Gasteiger partial charge in [0.05, 0.1) is 12.6 Å². The molecule has 2 aliphatic rings. The first kappa shape index (κ1) is 16.8. The number of nitrogens with zero attached hydrogens (tertiary/aromatic N) is 3. The Morgan fingerprint density at radius 2 is 1.42 bits per heavy atom. The third-order valence-electron chi connectivity index (χ3n) is 5.28. The van der Waals surface area contributed by atoms with Gasteiger partial charge in [-0.1, -0.05) is 48.5 Å². The molecule has 0 N–H and O–H groups in total. The Hall–Kier alpha value is -2.66. The summed E-state index contributed by atoms with van der Waals surface area (Å²) in [7, 11) is 0. The van der Waals surface area contributed by atoms with Crippen LogP contribution in [0.25, 0.3) is 0 Å². The van der Waals surface area contributed by atoms with Crippen LogP contribution in [0.3, 0.4) is 0 Å². The number of hydrogen-bond acceptors (Lipinski definition) is 4. The van der Waals surface area contributed by atoms with E-state index >= 15 is 0 Å². The lowest BCUT2D eigenvalue weighted by atomic mass is 9.98. The molecule has 134 valence electrons. The Bertz CT molecular complexity index is 770. The van der Waals surface area contributed by atoms with Crippen LogP contribution in [0.5, 0.6) is 0 Å². The van der Waals surface area contributed by atoms with E-state index in [0.29, 0.717) is 6.67 Å². The number of hydrogen-bond donors (Lipinski definition) is 0. The second kappa shape index (κ2) is 7.30. The molecule has 26 heavy (non-hydrogen) atoms. The Labute approximate surface area is 153 Å². The van der Waals surface area contributed by atoms with Crippen molar-refractivity contribution in [1.82, 2.24) is 9.80 Å². The third-order valence-corrected chi connectivity index (χ3v) is 5.28. The standard InChI is InChI=1S/C21H23N3O2/c25-20-15-19(17-7-3-1-4-8-17)21(26)24(20)16-22-11-13-23(14-12-22)18-9-5-2-6-10-18/h1-10,19H,11-16H2/t19-/m1/s1. The van der Waals surface area contributed by atoms with Crippen LogP contribution in [0.1, 0.15) is 17.9 Å². The highest BCUT2D eigenvalue weighted by Gasteiger charge is 2.40. The maximum absolute atomic E-state index is 12.7. The zero-order chi connectivity index (χ0) is 17.9. The summed E-state index contributed by atoms with van der Waals surface area (Å²) >= 11 is 0. The molecule has 2 amide bonds. The van der Waals surface area contributed by atoms with Crippen LogP contribution >= 0.6 is 0 Å². The fraction of sp³-hybridized carbons (Fsp3) is 0.333. The average molecular weight is 349 g/mol. The fourth-order valence-corrected chi connectivity index (χ4v) is 3.76. The summed E-state index contributed by atoms with van der Waals surface area (Å²) in [6.45, 7) is 3.91. The second-order valence-corrected chi connectivity index (χ2v) is 6.91. The molecule has 5 nitrogen and oxygen atoms in total. The van der Waals surface area contributed by atoms with Crippen LogP contribution in [0.4, 0.5) is 5.69 Å². The summed E-state index contributed by atoms with van der Waals surface area (Å²) in [5.74, 6) is -0.449. The van der Waals surface area contributed by atoms with Crippen molar-refractivity contribution in [3.8, 4) is 0 Å². The molecule has 2 saturated heterocycles. The molecule has 2 heterocycles. The normalized spacial score (nSPS) is 21.5. The average Bonchev–Trinajstić information content (AvgIpc) is 2.98. The molecule has 0 spiro atoms. The van der Waals surface area contributed by atoms with Gasteiger partial charge in [-0.2, -0.15) is 0 Å². The topological polar surface area (TPSA) is 43.9 Å². The van der Waals surface area contributed by atoms with Gasteiger partial charge < -0.3 is 4.90 Å². The van der Waals surface area contributed by atoms with Crippen LogP contribution in [-0.4, -0.2) is 54.5 Å². The second-order valence-electron chi connectivity index (χ2n) is 6.91. The highest BCUT2D eigenvalue weighted by Crippen LogP contribution is 2.29. The number of amides is 2. The smallest absolute Gasteiger partial charge is 0.238 e. The zero-order valence-corrected chi connectivity index (χ0v) is 14.8. The van der Waals surface area contributed by atoms with Crippen molar-refractivity contribution in [3.05, 3.63) is 66.2 Å². The molecule has 0 aromatic heterocycles. The van der Waals surface area contributed by atoms with Crippen molar-refractivity contribution < 1.29 is 9.59 Å². The van der Waals surface area contributed by atoms with E-state index in [4.69, 9.17) is 0 Å². The van der Waals surface area contributed by atoms with Crippen LogP contribution in [0, 0.1) is 0 Å². The maximum atomic E-state index is 12.7. The largest absolute Gasteiger partial charge is 0.369 e. The first-order valence-corrected chi connectivity index (χ1v) is 9.14.